The Balaban J connectivity index is 2.07. The lowest BCUT2D eigenvalue weighted by Crippen LogP contribution is -2.05. The van der Waals surface area contributed by atoms with Gasteiger partial charge in [0.25, 0.3) is 0 Å². The summed E-state index contributed by atoms with van der Waals surface area (Å²) in [5, 5.41) is 0. The number of benzene rings is 2. The summed E-state index contributed by atoms with van der Waals surface area (Å²) in [6.45, 7) is 0.264. The van der Waals surface area contributed by atoms with Gasteiger partial charge in [-0.15, -0.1) is 11.8 Å². The van der Waals surface area contributed by atoms with Crippen LogP contribution in [-0.4, -0.2) is 17.8 Å². The average molecular weight is 285 g/mol. The van der Waals surface area contributed by atoms with Crippen LogP contribution in [0.5, 0.6) is 0 Å². The summed E-state index contributed by atoms with van der Waals surface area (Å²) in [6.07, 6.45) is 1.92. The zero-order valence-electron chi connectivity index (χ0n) is 11.2. The van der Waals surface area contributed by atoms with Crippen molar-refractivity contribution in [2.24, 2.45) is 4.99 Å². The molecule has 0 aliphatic rings. The van der Waals surface area contributed by atoms with E-state index in [1.807, 2.05) is 42.7 Å². The molecule has 0 aromatic heterocycles. The molecule has 2 aromatic carbocycles. The molecule has 20 heavy (non-hydrogen) atoms. The molecule has 0 heterocycles. The van der Waals surface area contributed by atoms with Crippen molar-refractivity contribution in [2.75, 3.05) is 6.26 Å². The predicted molar refractivity (Wildman–Crippen MR) is 83.7 cm³/mol. The summed E-state index contributed by atoms with van der Waals surface area (Å²) in [6, 6.07) is 16.8. The fraction of sp³-hybridized carbons (Fsp3) is 0.125. The second-order valence-corrected chi connectivity index (χ2v) is 4.73. The Labute approximate surface area is 122 Å². The number of hydrogen-bond donors (Lipinski definition) is 0. The van der Waals surface area contributed by atoms with Gasteiger partial charge in [-0.1, -0.05) is 42.5 Å². The Morgan fingerprint density at radius 1 is 1.15 bits per heavy atom. The highest BCUT2D eigenvalue weighted by Gasteiger charge is 2.11. The van der Waals surface area contributed by atoms with Crippen molar-refractivity contribution in [1.29, 1.82) is 0 Å². The molecule has 0 bridgehead atoms. The average Bonchev–Trinajstić information content (AvgIpc) is 2.52. The SMILES string of the molecule is CSC=Nc1ccccc1C(=O)OCc1ccccc1. The maximum atomic E-state index is 12.1. The normalized spacial score (nSPS) is 10.7. The molecule has 0 radical (unpaired) electrons. The monoisotopic (exact) mass is 285 g/mol. The first kappa shape index (κ1) is 14.3. The van der Waals surface area contributed by atoms with E-state index in [-0.39, 0.29) is 12.6 Å². The number of thioether (sulfide) groups is 1. The van der Waals surface area contributed by atoms with Crippen LogP contribution in [-0.2, 0) is 11.3 Å². The summed E-state index contributed by atoms with van der Waals surface area (Å²) in [7, 11) is 0. The number of nitrogens with zero attached hydrogens (tertiary/aromatic N) is 1. The molecule has 0 amide bonds. The Bertz CT molecular complexity index is 596. The van der Waals surface area contributed by atoms with Crippen LogP contribution in [0.3, 0.4) is 0 Å². The second-order valence-electron chi connectivity index (χ2n) is 4.05. The van der Waals surface area contributed by atoms with Gasteiger partial charge in [-0.25, -0.2) is 9.79 Å². The van der Waals surface area contributed by atoms with E-state index >= 15 is 0 Å². The number of para-hydroxylation sites is 1. The molecular weight excluding hydrogens is 270 g/mol. The molecule has 102 valence electrons. The van der Waals surface area contributed by atoms with Crippen LogP contribution in [0.2, 0.25) is 0 Å². The molecular formula is C16H15NO2S. The van der Waals surface area contributed by atoms with Crippen molar-refractivity contribution < 1.29 is 9.53 Å². The Morgan fingerprint density at radius 3 is 2.60 bits per heavy atom. The zero-order chi connectivity index (χ0) is 14.2. The third-order valence-electron chi connectivity index (χ3n) is 2.63. The molecule has 0 aliphatic carbocycles. The molecule has 3 nitrogen and oxygen atoms in total. The molecule has 2 aromatic rings. The van der Waals surface area contributed by atoms with Gasteiger partial charge in [0.1, 0.15) is 6.61 Å². The van der Waals surface area contributed by atoms with Crippen molar-refractivity contribution in [3.63, 3.8) is 0 Å². The summed E-state index contributed by atoms with van der Waals surface area (Å²) >= 11 is 1.48. The van der Waals surface area contributed by atoms with Gasteiger partial charge in [-0.3, -0.25) is 0 Å². The standard InChI is InChI=1S/C16H15NO2S/c1-20-12-17-15-10-6-5-9-14(15)16(18)19-11-13-7-3-2-4-8-13/h2-10,12H,11H2,1H3. The molecule has 0 saturated heterocycles. The number of esters is 1. The van der Waals surface area contributed by atoms with Crippen molar-refractivity contribution in [1.82, 2.24) is 0 Å². The van der Waals surface area contributed by atoms with Crippen LogP contribution in [0, 0.1) is 0 Å². The smallest absolute Gasteiger partial charge is 0.340 e. The minimum Gasteiger partial charge on any atom is -0.457 e. The van der Waals surface area contributed by atoms with Crippen LogP contribution < -0.4 is 0 Å². The molecule has 0 aliphatic heterocycles. The van der Waals surface area contributed by atoms with Crippen molar-refractivity contribution >= 4 is 29.0 Å². The Hall–Kier alpha value is -2.07. The van der Waals surface area contributed by atoms with Crippen molar-refractivity contribution in [3.8, 4) is 0 Å². The molecule has 0 N–H and O–H groups in total. The number of ether oxygens (including phenoxy) is 1. The summed E-state index contributed by atoms with van der Waals surface area (Å²) < 4.78 is 5.32. The first-order chi connectivity index (χ1) is 9.81. The molecule has 2 rings (SSSR count). The van der Waals surface area contributed by atoms with Gasteiger partial charge in [-0.05, 0) is 24.0 Å². The fourth-order valence-corrected chi connectivity index (χ4v) is 1.89. The number of carbonyl (C=O) groups excluding carboxylic acids is 1. The third-order valence-corrected chi connectivity index (χ3v) is 2.95. The number of rotatable bonds is 5. The maximum absolute atomic E-state index is 12.1. The lowest BCUT2D eigenvalue weighted by molar-refractivity contribution is 0.0474. The van der Waals surface area contributed by atoms with Gasteiger partial charge >= 0.3 is 5.97 Å². The van der Waals surface area contributed by atoms with Gasteiger partial charge in [0, 0.05) is 0 Å². The van der Waals surface area contributed by atoms with Gasteiger partial charge in [0.2, 0.25) is 0 Å². The Morgan fingerprint density at radius 2 is 1.85 bits per heavy atom. The van der Waals surface area contributed by atoms with Crippen LogP contribution in [0.15, 0.2) is 59.6 Å². The topological polar surface area (TPSA) is 38.7 Å². The van der Waals surface area contributed by atoms with Gasteiger partial charge in [0.15, 0.2) is 0 Å². The van der Waals surface area contributed by atoms with Gasteiger partial charge in [-0.2, -0.15) is 0 Å². The second kappa shape index (κ2) is 7.50. The number of aliphatic imine (C=N–C) groups is 1. The lowest BCUT2D eigenvalue weighted by Gasteiger charge is -2.06. The highest BCUT2D eigenvalue weighted by molar-refractivity contribution is 8.11. The van der Waals surface area contributed by atoms with Crippen molar-refractivity contribution in [3.05, 3.63) is 65.7 Å². The number of hydrogen-bond acceptors (Lipinski definition) is 4. The quantitative estimate of drug-likeness (QED) is 0.472. The molecule has 4 heteroatoms. The first-order valence-corrected chi connectivity index (χ1v) is 7.45. The minimum absolute atomic E-state index is 0.264. The lowest BCUT2D eigenvalue weighted by atomic mass is 10.2. The van der Waals surface area contributed by atoms with Crippen LogP contribution in [0.4, 0.5) is 5.69 Å². The van der Waals surface area contributed by atoms with Crippen LogP contribution in [0.1, 0.15) is 15.9 Å². The van der Waals surface area contributed by atoms with E-state index in [9.17, 15) is 4.79 Å². The zero-order valence-corrected chi connectivity index (χ0v) is 12.0. The molecule has 0 saturated carbocycles. The molecule has 0 atom stereocenters. The summed E-state index contributed by atoms with van der Waals surface area (Å²) in [4.78, 5) is 16.3. The first-order valence-electron chi connectivity index (χ1n) is 6.16. The highest BCUT2D eigenvalue weighted by atomic mass is 32.2. The third kappa shape index (κ3) is 3.96. The van der Waals surface area contributed by atoms with E-state index < -0.39 is 0 Å². The van der Waals surface area contributed by atoms with E-state index in [2.05, 4.69) is 4.99 Å². The van der Waals surface area contributed by atoms with Gasteiger partial charge in [0.05, 0.1) is 16.8 Å². The largest absolute Gasteiger partial charge is 0.457 e. The highest BCUT2D eigenvalue weighted by Crippen LogP contribution is 2.20. The molecule has 0 fully saturated rings. The maximum Gasteiger partial charge on any atom is 0.340 e. The van der Waals surface area contributed by atoms with Crippen LogP contribution in [0.25, 0.3) is 0 Å². The van der Waals surface area contributed by atoms with Crippen molar-refractivity contribution in [2.45, 2.75) is 6.61 Å². The summed E-state index contributed by atoms with van der Waals surface area (Å²) in [5.74, 6) is -0.359. The van der Waals surface area contributed by atoms with E-state index in [4.69, 9.17) is 4.74 Å². The van der Waals surface area contributed by atoms with Gasteiger partial charge < -0.3 is 4.74 Å². The summed E-state index contributed by atoms with van der Waals surface area (Å²) in [5.41, 5.74) is 3.77. The van der Waals surface area contributed by atoms with Crippen LogP contribution >= 0.6 is 11.8 Å². The number of carbonyl (C=O) groups is 1. The molecule has 0 spiro atoms. The van der Waals surface area contributed by atoms with E-state index in [1.54, 1.807) is 23.7 Å². The van der Waals surface area contributed by atoms with E-state index in [0.717, 1.165) is 5.56 Å². The molecule has 0 unspecified atom stereocenters. The Kier molecular flexibility index (Phi) is 5.38. The van der Waals surface area contributed by atoms with E-state index in [1.165, 1.54) is 11.8 Å². The minimum atomic E-state index is -0.359. The predicted octanol–water partition coefficient (Wildman–Crippen LogP) is 4.07. The van der Waals surface area contributed by atoms with E-state index in [0.29, 0.717) is 11.3 Å². The fourth-order valence-electron chi connectivity index (χ4n) is 1.67.